The molecule has 1 aromatic heterocycles. The van der Waals surface area contributed by atoms with E-state index in [1.807, 2.05) is 24.4 Å². The molecule has 25 heavy (non-hydrogen) atoms. The van der Waals surface area contributed by atoms with Gasteiger partial charge in [0.05, 0.1) is 13.2 Å². The van der Waals surface area contributed by atoms with E-state index in [0.29, 0.717) is 6.79 Å². The highest BCUT2D eigenvalue weighted by Gasteiger charge is 2.17. The lowest BCUT2D eigenvalue weighted by atomic mass is 10.1. The summed E-state index contributed by atoms with van der Waals surface area (Å²) in [4.78, 5) is 6.75. The third-order valence-corrected chi connectivity index (χ3v) is 4.27. The number of para-hydroxylation sites is 1. The molecule has 0 aliphatic carbocycles. The number of aromatic nitrogens is 1. The maximum atomic E-state index is 5.54. The first-order valence-electron chi connectivity index (χ1n) is 8.26. The maximum Gasteiger partial charge on any atom is 0.231 e. The number of fused-ring (bicyclic) bond motifs is 1. The van der Waals surface area contributed by atoms with Gasteiger partial charge in [0.1, 0.15) is 5.82 Å². The summed E-state index contributed by atoms with van der Waals surface area (Å²) in [5, 5.41) is 3.47. The first-order valence-corrected chi connectivity index (χ1v) is 8.26. The highest BCUT2D eigenvalue weighted by atomic mass is 35.5. The fourth-order valence-corrected chi connectivity index (χ4v) is 3.01. The molecule has 134 valence electrons. The van der Waals surface area contributed by atoms with Crippen molar-refractivity contribution < 1.29 is 14.2 Å². The second-order valence-electron chi connectivity index (χ2n) is 5.88. The molecule has 0 unspecified atom stereocenters. The summed E-state index contributed by atoms with van der Waals surface area (Å²) in [6, 6.07) is 10.2. The van der Waals surface area contributed by atoms with Crippen molar-refractivity contribution in [3.63, 3.8) is 0 Å². The lowest BCUT2D eigenvalue weighted by molar-refractivity contribution is 0.122. The summed E-state index contributed by atoms with van der Waals surface area (Å²) in [5.74, 6) is 2.71. The number of rotatable bonds is 5. The molecule has 0 bridgehead atoms. The van der Waals surface area contributed by atoms with Crippen LogP contribution in [0.2, 0.25) is 0 Å². The van der Waals surface area contributed by atoms with Crippen molar-refractivity contribution in [2.75, 3.05) is 38.0 Å². The fraction of sp³-hybridized carbons (Fsp3) is 0.389. The van der Waals surface area contributed by atoms with Crippen molar-refractivity contribution in [3.8, 4) is 11.5 Å². The van der Waals surface area contributed by atoms with Crippen LogP contribution in [-0.4, -0.2) is 38.1 Å². The van der Waals surface area contributed by atoms with Crippen molar-refractivity contribution in [2.45, 2.75) is 13.1 Å². The normalized spacial score (nSPS) is 15.8. The van der Waals surface area contributed by atoms with Crippen LogP contribution in [0.3, 0.4) is 0 Å². The van der Waals surface area contributed by atoms with Crippen LogP contribution >= 0.6 is 12.4 Å². The average molecular weight is 364 g/mol. The van der Waals surface area contributed by atoms with Gasteiger partial charge in [0, 0.05) is 37.9 Å². The third-order valence-electron chi connectivity index (χ3n) is 4.27. The zero-order valence-electron chi connectivity index (χ0n) is 13.9. The molecule has 0 amide bonds. The van der Waals surface area contributed by atoms with E-state index in [1.165, 1.54) is 5.56 Å². The summed E-state index contributed by atoms with van der Waals surface area (Å²) in [6.45, 7) is 5.16. The van der Waals surface area contributed by atoms with E-state index in [9.17, 15) is 0 Å². The molecule has 6 nitrogen and oxygen atoms in total. The van der Waals surface area contributed by atoms with Crippen LogP contribution in [-0.2, 0) is 17.8 Å². The predicted octanol–water partition coefficient (Wildman–Crippen LogP) is 2.36. The Kier molecular flexibility index (Phi) is 5.96. The largest absolute Gasteiger partial charge is 0.454 e. The summed E-state index contributed by atoms with van der Waals surface area (Å²) in [5.41, 5.74) is 2.34. The molecule has 2 aliphatic rings. The van der Waals surface area contributed by atoms with Crippen LogP contribution in [0, 0.1) is 0 Å². The molecule has 1 saturated heterocycles. The molecule has 0 radical (unpaired) electrons. The van der Waals surface area contributed by atoms with Crippen LogP contribution in [0.25, 0.3) is 0 Å². The molecule has 3 heterocycles. The Morgan fingerprint density at radius 3 is 2.84 bits per heavy atom. The minimum Gasteiger partial charge on any atom is -0.454 e. The van der Waals surface area contributed by atoms with Crippen molar-refractivity contribution in [3.05, 3.63) is 47.7 Å². The number of nitrogens with one attached hydrogen (secondary N) is 1. The summed E-state index contributed by atoms with van der Waals surface area (Å²) < 4.78 is 16.4. The Hall–Kier alpha value is -2.02. The average Bonchev–Trinajstić information content (AvgIpc) is 3.12. The molecule has 7 heteroatoms. The number of morpholine rings is 1. The van der Waals surface area contributed by atoms with Crippen molar-refractivity contribution in [1.29, 1.82) is 0 Å². The Morgan fingerprint density at radius 2 is 1.96 bits per heavy atom. The first-order chi connectivity index (χ1) is 11.9. The second-order valence-corrected chi connectivity index (χ2v) is 5.88. The number of hydrogen-bond acceptors (Lipinski definition) is 6. The zero-order valence-corrected chi connectivity index (χ0v) is 14.8. The molecule has 0 saturated carbocycles. The second kappa shape index (κ2) is 8.38. The summed E-state index contributed by atoms with van der Waals surface area (Å²) in [6.07, 6.45) is 1.87. The highest BCUT2D eigenvalue weighted by Crippen LogP contribution is 2.35. The van der Waals surface area contributed by atoms with Crippen LogP contribution in [0.1, 0.15) is 11.1 Å². The number of nitrogens with zero attached hydrogens (tertiary/aromatic N) is 2. The van der Waals surface area contributed by atoms with Gasteiger partial charge in [0.25, 0.3) is 0 Å². The Bertz CT molecular complexity index is 708. The van der Waals surface area contributed by atoms with E-state index in [4.69, 9.17) is 14.2 Å². The van der Waals surface area contributed by atoms with Gasteiger partial charge in [0.2, 0.25) is 6.79 Å². The SMILES string of the molecule is Cl.c1cc(CNCc2ccnc(N3CCOCC3)c2)c2c(c1)OCO2. The fourth-order valence-electron chi connectivity index (χ4n) is 3.01. The van der Waals surface area contributed by atoms with Gasteiger partial charge in [-0.25, -0.2) is 4.98 Å². The molecule has 4 rings (SSSR count). The van der Waals surface area contributed by atoms with Crippen LogP contribution in [0.15, 0.2) is 36.5 Å². The van der Waals surface area contributed by atoms with E-state index >= 15 is 0 Å². The van der Waals surface area contributed by atoms with Gasteiger partial charge in [-0.2, -0.15) is 0 Å². The van der Waals surface area contributed by atoms with Crippen molar-refractivity contribution in [1.82, 2.24) is 10.3 Å². The van der Waals surface area contributed by atoms with Crippen molar-refractivity contribution in [2.24, 2.45) is 0 Å². The Labute approximate surface area is 153 Å². The van der Waals surface area contributed by atoms with Gasteiger partial charge in [-0.1, -0.05) is 12.1 Å². The van der Waals surface area contributed by atoms with E-state index in [2.05, 4.69) is 27.3 Å². The molecule has 1 N–H and O–H groups in total. The van der Waals surface area contributed by atoms with Gasteiger partial charge < -0.3 is 24.4 Å². The number of pyridine rings is 1. The molecule has 0 atom stereocenters. The van der Waals surface area contributed by atoms with Gasteiger partial charge >= 0.3 is 0 Å². The molecule has 0 spiro atoms. The van der Waals surface area contributed by atoms with Gasteiger partial charge in [0.15, 0.2) is 11.5 Å². The third kappa shape index (κ3) is 4.15. The molecular formula is C18H22ClN3O3. The lowest BCUT2D eigenvalue weighted by Crippen LogP contribution is -2.36. The molecule has 2 aromatic rings. The lowest BCUT2D eigenvalue weighted by Gasteiger charge is -2.28. The quantitative estimate of drug-likeness (QED) is 0.880. The van der Waals surface area contributed by atoms with Crippen LogP contribution in [0.4, 0.5) is 5.82 Å². The number of benzene rings is 1. The van der Waals surface area contributed by atoms with Crippen LogP contribution < -0.4 is 19.7 Å². The molecule has 1 fully saturated rings. The topological polar surface area (TPSA) is 55.9 Å². The number of halogens is 1. The van der Waals surface area contributed by atoms with Gasteiger partial charge in [-0.3, -0.25) is 0 Å². The summed E-state index contributed by atoms with van der Waals surface area (Å²) >= 11 is 0. The molecule has 1 aromatic carbocycles. The predicted molar refractivity (Wildman–Crippen MR) is 97.6 cm³/mol. The highest BCUT2D eigenvalue weighted by molar-refractivity contribution is 5.85. The smallest absolute Gasteiger partial charge is 0.231 e. The van der Waals surface area contributed by atoms with E-state index in [0.717, 1.165) is 62.3 Å². The maximum absolute atomic E-state index is 5.54. The van der Waals surface area contributed by atoms with E-state index in [1.54, 1.807) is 0 Å². The molecule has 2 aliphatic heterocycles. The molecular weight excluding hydrogens is 342 g/mol. The van der Waals surface area contributed by atoms with Crippen LogP contribution in [0.5, 0.6) is 11.5 Å². The Balaban J connectivity index is 0.00000182. The standard InChI is InChI=1S/C18H21N3O3.ClH/c1-2-15(18-16(3-1)23-13-24-18)12-19-11-14-4-5-20-17(10-14)21-6-8-22-9-7-21;/h1-5,10,19H,6-9,11-13H2;1H. The number of anilines is 1. The van der Waals surface area contributed by atoms with Gasteiger partial charge in [-0.05, 0) is 23.8 Å². The van der Waals surface area contributed by atoms with Crippen molar-refractivity contribution >= 4 is 18.2 Å². The summed E-state index contributed by atoms with van der Waals surface area (Å²) in [7, 11) is 0. The first kappa shape index (κ1) is 17.8. The monoisotopic (exact) mass is 363 g/mol. The van der Waals surface area contributed by atoms with E-state index in [-0.39, 0.29) is 12.4 Å². The number of hydrogen-bond donors (Lipinski definition) is 1. The number of ether oxygens (including phenoxy) is 3. The van der Waals surface area contributed by atoms with E-state index < -0.39 is 0 Å². The minimum absolute atomic E-state index is 0. The minimum atomic E-state index is 0. The Morgan fingerprint density at radius 1 is 1.08 bits per heavy atom. The van der Waals surface area contributed by atoms with Gasteiger partial charge in [-0.15, -0.1) is 12.4 Å². The zero-order chi connectivity index (χ0) is 16.2.